The zero-order valence-electron chi connectivity index (χ0n) is 12.1. The number of pyridine rings is 1. The van der Waals surface area contributed by atoms with Crippen LogP contribution in [-0.2, 0) is 13.0 Å². The van der Waals surface area contributed by atoms with E-state index in [0.29, 0.717) is 0 Å². The zero-order valence-corrected chi connectivity index (χ0v) is 12.1. The number of anilines is 1. The fourth-order valence-electron chi connectivity index (χ4n) is 2.74. The van der Waals surface area contributed by atoms with E-state index in [1.165, 1.54) is 16.8 Å². The minimum Gasteiger partial charge on any atom is -0.374 e. The molecule has 0 saturated carbocycles. The Morgan fingerprint density at radius 3 is 3.00 bits per heavy atom. The average molecular weight is 267 g/mol. The molecule has 0 saturated heterocycles. The number of likely N-dealkylation sites (N-methyl/N-ethyl adjacent to an activating group) is 1. The van der Waals surface area contributed by atoms with Crippen molar-refractivity contribution >= 4 is 5.69 Å². The number of hydrogen-bond acceptors (Lipinski definition) is 3. The van der Waals surface area contributed by atoms with Crippen LogP contribution < -0.4 is 10.2 Å². The van der Waals surface area contributed by atoms with Crippen molar-refractivity contribution in [2.75, 3.05) is 18.5 Å². The fraction of sp³-hybridized carbons (Fsp3) is 0.353. The maximum absolute atomic E-state index is 4.39. The van der Waals surface area contributed by atoms with Crippen molar-refractivity contribution in [2.45, 2.75) is 25.9 Å². The molecule has 0 spiro atoms. The van der Waals surface area contributed by atoms with Gasteiger partial charge in [-0.15, -0.1) is 0 Å². The van der Waals surface area contributed by atoms with Gasteiger partial charge in [0.05, 0.1) is 5.69 Å². The van der Waals surface area contributed by atoms with E-state index in [2.05, 4.69) is 53.4 Å². The highest BCUT2D eigenvalue weighted by atomic mass is 15.1. The number of rotatable bonds is 4. The standard InChI is InChI=1S/C17H21N3/c1-13(16-5-3-4-9-18-16)19-12-14-6-7-17-15(11-14)8-10-20(17)2/h3-7,9,11,13,19H,8,10,12H2,1-2H3. The van der Waals surface area contributed by atoms with Crippen molar-refractivity contribution in [1.29, 1.82) is 0 Å². The Labute approximate surface area is 120 Å². The first-order chi connectivity index (χ1) is 9.74. The molecule has 3 heteroatoms. The van der Waals surface area contributed by atoms with Crippen LogP contribution in [0, 0.1) is 0 Å². The van der Waals surface area contributed by atoms with E-state index in [1.54, 1.807) is 0 Å². The van der Waals surface area contributed by atoms with Crippen molar-refractivity contribution < 1.29 is 0 Å². The zero-order chi connectivity index (χ0) is 13.9. The number of nitrogens with one attached hydrogen (secondary N) is 1. The number of aromatic nitrogens is 1. The van der Waals surface area contributed by atoms with Gasteiger partial charge in [-0.05, 0) is 42.7 Å². The SMILES string of the molecule is CC(NCc1ccc2c(c1)CCN2C)c1ccccn1. The summed E-state index contributed by atoms with van der Waals surface area (Å²) in [6.07, 6.45) is 3.01. The van der Waals surface area contributed by atoms with Crippen molar-refractivity contribution in [1.82, 2.24) is 10.3 Å². The van der Waals surface area contributed by atoms with Crippen molar-refractivity contribution in [3.05, 3.63) is 59.4 Å². The van der Waals surface area contributed by atoms with Gasteiger partial charge >= 0.3 is 0 Å². The average Bonchev–Trinajstić information content (AvgIpc) is 2.87. The van der Waals surface area contributed by atoms with Crippen LogP contribution in [0.25, 0.3) is 0 Å². The molecule has 20 heavy (non-hydrogen) atoms. The molecule has 1 aromatic heterocycles. The van der Waals surface area contributed by atoms with Crippen LogP contribution >= 0.6 is 0 Å². The second-order valence-corrected chi connectivity index (χ2v) is 5.49. The molecule has 2 aromatic rings. The Morgan fingerprint density at radius 2 is 2.20 bits per heavy atom. The summed E-state index contributed by atoms with van der Waals surface area (Å²) < 4.78 is 0. The van der Waals surface area contributed by atoms with E-state index in [-0.39, 0.29) is 6.04 Å². The summed E-state index contributed by atoms with van der Waals surface area (Å²) in [5, 5.41) is 3.54. The highest BCUT2D eigenvalue weighted by Gasteiger charge is 2.15. The van der Waals surface area contributed by atoms with E-state index in [0.717, 1.165) is 25.2 Å². The minimum absolute atomic E-state index is 0.270. The molecule has 0 fully saturated rings. The Morgan fingerprint density at radius 1 is 1.30 bits per heavy atom. The van der Waals surface area contributed by atoms with Gasteiger partial charge in [-0.25, -0.2) is 0 Å². The second-order valence-electron chi connectivity index (χ2n) is 5.49. The summed E-state index contributed by atoms with van der Waals surface area (Å²) in [6, 6.07) is 13.1. The van der Waals surface area contributed by atoms with Crippen LogP contribution in [0.1, 0.15) is 29.8 Å². The van der Waals surface area contributed by atoms with Crippen molar-refractivity contribution in [2.24, 2.45) is 0 Å². The molecule has 3 nitrogen and oxygen atoms in total. The van der Waals surface area contributed by atoms with Gasteiger partial charge < -0.3 is 10.2 Å². The Balaban J connectivity index is 1.64. The van der Waals surface area contributed by atoms with Crippen LogP contribution in [0.15, 0.2) is 42.6 Å². The second kappa shape index (κ2) is 5.63. The molecule has 1 atom stereocenters. The van der Waals surface area contributed by atoms with Crippen LogP contribution in [-0.4, -0.2) is 18.6 Å². The molecule has 104 valence electrons. The lowest BCUT2D eigenvalue weighted by Crippen LogP contribution is -2.19. The topological polar surface area (TPSA) is 28.2 Å². The van der Waals surface area contributed by atoms with Crippen LogP contribution in [0.3, 0.4) is 0 Å². The lowest BCUT2D eigenvalue weighted by atomic mass is 10.1. The van der Waals surface area contributed by atoms with Gasteiger partial charge in [0.1, 0.15) is 0 Å². The summed E-state index contributed by atoms with van der Waals surface area (Å²) in [5.74, 6) is 0. The first kappa shape index (κ1) is 13.1. The van der Waals surface area contributed by atoms with Gasteiger partial charge in [-0.3, -0.25) is 4.98 Å². The fourth-order valence-corrected chi connectivity index (χ4v) is 2.74. The van der Waals surface area contributed by atoms with Gasteiger partial charge in [0.15, 0.2) is 0 Å². The number of fused-ring (bicyclic) bond motifs is 1. The van der Waals surface area contributed by atoms with E-state index in [9.17, 15) is 0 Å². The van der Waals surface area contributed by atoms with Crippen LogP contribution in [0.2, 0.25) is 0 Å². The molecule has 1 aliphatic heterocycles. The quantitative estimate of drug-likeness (QED) is 0.923. The molecule has 1 aromatic carbocycles. The predicted molar refractivity (Wildman–Crippen MR) is 82.9 cm³/mol. The molecule has 0 amide bonds. The van der Waals surface area contributed by atoms with E-state index >= 15 is 0 Å². The maximum atomic E-state index is 4.39. The van der Waals surface area contributed by atoms with E-state index in [4.69, 9.17) is 0 Å². The number of hydrogen-bond donors (Lipinski definition) is 1. The number of nitrogens with zero attached hydrogens (tertiary/aromatic N) is 2. The summed E-state index contributed by atoms with van der Waals surface area (Å²) >= 11 is 0. The lowest BCUT2D eigenvalue weighted by Gasteiger charge is -2.15. The first-order valence-electron chi connectivity index (χ1n) is 7.21. The van der Waals surface area contributed by atoms with Gasteiger partial charge in [-0.2, -0.15) is 0 Å². The predicted octanol–water partition coefficient (Wildman–Crippen LogP) is 2.92. The van der Waals surface area contributed by atoms with Crippen LogP contribution in [0.4, 0.5) is 5.69 Å². The number of benzene rings is 1. The van der Waals surface area contributed by atoms with Crippen LogP contribution in [0.5, 0.6) is 0 Å². The Bertz CT molecular complexity index is 580. The first-order valence-corrected chi connectivity index (χ1v) is 7.21. The molecular weight excluding hydrogens is 246 g/mol. The molecule has 2 heterocycles. The molecular formula is C17H21N3. The Hall–Kier alpha value is -1.87. The van der Waals surface area contributed by atoms with Gasteiger partial charge in [0.2, 0.25) is 0 Å². The van der Waals surface area contributed by atoms with E-state index < -0.39 is 0 Å². The molecule has 1 N–H and O–H groups in total. The Kier molecular flexibility index (Phi) is 3.70. The minimum atomic E-state index is 0.270. The van der Waals surface area contributed by atoms with Gasteiger partial charge in [-0.1, -0.05) is 18.2 Å². The summed E-state index contributed by atoms with van der Waals surface area (Å²) in [5.41, 5.74) is 5.29. The highest BCUT2D eigenvalue weighted by Crippen LogP contribution is 2.27. The van der Waals surface area contributed by atoms with Crippen molar-refractivity contribution in [3.63, 3.8) is 0 Å². The van der Waals surface area contributed by atoms with Gasteiger partial charge in [0, 0.05) is 38.1 Å². The van der Waals surface area contributed by atoms with E-state index in [1.807, 2.05) is 18.3 Å². The molecule has 3 rings (SSSR count). The monoisotopic (exact) mass is 267 g/mol. The highest BCUT2D eigenvalue weighted by molar-refractivity contribution is 5.58. The molecule has 0 radical (unpaired) electrons. The summed E-state index contributed by atoms with van der Waals surface area (Å²) in [4.78, 5) is 6.71. The normalized spacial score (nSPS) is 15.2. The lowest BCUT2D eigenvalue weighted by molar-refractivity contribution is 0.561. The third-order valence-electron chi connectivity index (χ3n) is 4.02. The third kappa shape index (κ3) is 2.68. The maximum Gasteiger partial charge on any atom is 0.0570 e. The molecule has 0 bridgehead atoms. The third-order valence-corrected chi connectivity index (χ3v) is 4.02. The molecule has 1 unspecified atom stereocenters. The molecule has 1 aliphatic rings. The summed E-state index contributed by atoms with van der Waals surface area (Å²) in [6.45, 7) is 4.18. The van der Waals surface area contributed by atoms with Crippen molar-refractivity contribution in [3.8, 4) is 0 Å². The molecule has 0 aliphatic carbocycles. The smallest absolute Gasteiger partial charge is 0.0570 e. The largest absolute Gasteiger partial charge is 0.374 e. The summed E-state index contributed by atoms with van der Waals surface area (Å²) in [7, 11) is 2.16. The van der Waals surface area contributed by atoms with Gasteiger partial charge in [0.25, 0.3) is 0 Å².